The molecule has 6 nitrogen and oxygen atoms in total. The first-order valence-electron chi connectivity index (χ1n) is 10.4. The highest BCUT2D eigenvalue weighted by atomic mass is 16.5. The lowest BCUT2D eigenvalue weighted by Gasteiger charge is -2.38. The van der Waals surface area contributed by atoms with Crippen molar-refractivity contribution in [2.45, 2.75) is 12.8 Å². The van der Waals surface area contributed by atoms with E-state index in [2.05, 4.69) is 89.6 Å². The van der Waals surface area contributed by atoms with E-state index in [1.54, 1.807) is 6.33 Å². The third kappa shape index (κ3) is 3.70. The maximum absolute atomic E-state index is 5.67. The van der Waals surface area contributed by atoms with Crippen molar-refractivity contribution in [2.24, 2.45) is 5.41 Å². The first kappa shape index (κ1) is 19.5. The Kier molecular flexibility index (Phi) is 4.79. The Morgan fingerprint density at radius 1 is 1.13 bits per heavy atom. The number of hydrogen-bond acceptors (Lipinski definition) is 5. The molecule has 156 valence electrons. The number of fused-ring (bicyclic) bond motifs is 1. The first-order chi connectivity index (χ1) is 15.0. The summed E-state index contributed by atoms with van der Waals surface area (Å²) in [6, 6.07) is 16.5. The minimum absolute atomic E-state index is 0.113. The molecule has 0 radical (unpaired) electrons. The minimum Gasteiger partial charge on any atom is -0.345 e. The second-order valence-electron chi connectivity index (χ2n) is 8.65. The van der Waals surface area contributed by atoms with Crippen LogP contribution >= 0.6 is 0 Å². The lowest BCUT2D eigenvalue weighted by molar-refractivity contribution is 0.250. The molecule has 0 saturated carbocycles. The van der Waals surface area contributed by atoms with Crippen molar-refractivity contribution >= 4 is 16.6 Å². The van der Waals surface area contributed by atoms with Crippen LogP contribution in [0.3, 0.4) is 0 Å². The molecule has 1 aliphatic carbocycles. The van der Waals surface area contributed by atoms with Gasteiger partial charge >= 0.3 is 0 Å². The molecule has 2 heterocycles. The summed E-state index contributed by atoms with van der Waals surface area (Å²) in [5.41, 5.74) is 4.90. The van der Waals surface area contributed by atoms with Gasteiger partial charge in [0.05, 0.1) is 17.4 Å². The molecule has 1 N–H and O–H groups in total. The number of benzene rings is 2. The number of aromatic nitrogens is 4. The second kappa shape index (κ2) is 7.63. The summed E-state index contributed by atoms with van der Waals surface area (Å²) in [5, 5.41) is 4.23. The lowest BCUT2D eigenvalue weighted by atomic mass is 9.69. The Morgan fingerprint density at radius 2 is 1.97 bits per heavy atom. The van der Waals surface area contributed by atoms with E-state index in [1.807, 2.05) is 18.2 Å². The number of allylic oxidation sites excluding steroid dienone is 3. The highest BCUT2D eigenvalue weighted by Crippen LogP contribution is 2.44. The van der Waals surface area contributed by atoms with Crippen LogP contribution in [0.2, 0.25) is 0 Å². The zero-order chi connectivity index (χ0) is 21.4. The van der Waals surface area contributed by atoms with Crippen LogP contribution in [0.15, 0.2) is 77.6 Å². The van der Waals surface area contributed by atoms with E-state index >= 15 is 0 Å². The fourth-order valence-electron chi connectivity index (χ4n) is 4.56. The van der Waals surface area contributed by atoms with E-state index < -0.39 is 0 Å². The van der Waals surface area contributed by atoms with E-state index in [4.69, 9.17) is 9.51 Å². The van der Waals surface area contributed by atoms with Gasteiger partial charge in [-0.05, 0) is 37.9 Å². The molecule has 2 unspecified atom stereocenters. The van der Waals surface area contributed by atoms with Gasteiger partial charge in [-0.25, -0.2) is 4.98 Å². The molecule has 0 saturated heterocycles. The van der Waals surface area contributed by atoms with Gasteiger partial charge in [0.15, 0.2) is 0 Å². The summed E-state index contributed by atoms with van der Waals surface area (Å²) in [7, 11) is 4.21. The van der Waals surface area contributed by atoms with Crippen LogP contribution in [0.25, 0.3) is 28.0 Å². The van der Waals surface area contributed by atoms with E-state index in [1.165, 1.54) is 5.56 Å². The number of H-pyrrole nitrogens is 1. The van der Waals surface area contributed by atoms with Gasteiger partial charge in [0.25, 0.3) is 5.89 Å². The monoisotopic (exact) mass is 411 g/mol. The fraction of sp³-hybridized carbons (Fsp3) is 0.240. The Balaban J connectivity index is 1.49. The summed E-state index contributed by atoms with van der Waals surface area (Å²) >= 11 is 0. The van der Waals surface area contributed by atoms with Gasteiger partial charge in [-0.3, -0.25) is 0 Å². The number of nitrogens with zero attached hydrogens (tertiary/aromatic N) is 4. The van der Waals surface area contributed by atoms with Gasteiger partial charge in [0, 0.05) is 29.0 Å². The summed E-state index contributed by atoms with van der Waals surface area (Å²) < 4.78 is 5.67. The Hall–Kier alpha value is -3.51. The number of rotatable bonds is 5. The van der Waals surface area contributed by atoms with E-state index in [0.29, 0.717) is 11.7 Å². The summed E-state index contributed by atoms with van der Waals surface area (Å²) in [5.74, 6) is 1.37. The standard InChI is InChI=1S/C25H25N5O/c1-25(15-30(2)3)14-19(9-11-20(25)17-7-5-4-6-8-17)24-28-23(29-31-24)18-10-12-21-22(13-18)27-16-26-21/h4-14,16,20H,15H2,1-3H3,(H,26,27). The van der Waals surface area contributed by atoms with Gasteiger partial charge in [0.2, 0.25) is 5.82 Å². The molecule has 0 bridgehead atoms. The van der Waals surface area contributed by atoms with Crippen molar-refractivity contribution in [3.8, 4) is 11.4 Å². The SMILES string of the molecule is CN(C)CC1(C)C=C(c2nc(-c3ccc4nc[nH]c4c3)no2)C=CC1c1ccccc1. The summed E-state index contributed by atoms with van der Waals surface area (Å²) in [4.78, 5) is 14.3. The van der Waals surface area contributed by atoms with Crippen molar-refractivity contribution in [2.75, 3.05) is 20.6 Å². The third-order valence-electron chi connectivity index (χ3n) is 5.83. The zero-order valence-corrected chi connectivity index (χ0v) is 17.9. The number of hydrogen-bond donors (Lipinski definition) is 1. The molecule has 0 fully saturated rings. The van der Waals surface area contributed by atoms with Gasteiger partial charge in [0.1, 0.15) is 0 Å². The van der Waals surface area contributed by atoms with Crippen molar-refractivity contribution in [1.82, 2.24) is 25.0 Å². The molecular formula is C25H25N5O. The quantitative estimate of drug-likeness (QED) is 0.505. The molecule has 31 heavy (non-hydrogen) atoms. The van der Waals surface area contributed by atoms with Gasteiger partial charge in [-0.2, -0.15) is 4.98 Å². The number of nitrogens with one attached hydrogen (secondary N) is 1. The van der Waals surface area contributed by atoms with Gasteiger partial charge in [-0.1, -0.05) is 60.6 Å². The average Bonchev–Trinajstić information content (AvgIpc) is 3.42. The lowest BCUT2D eigenvalue weighted by Crippen LogP contribution is -2.35. The van der Waals surface area contributed by atoms with Crippen LogP contribution in [0.5, 0.6) is 0 Å². The third-order valence-corrected chi connectivity index (χ3v) is 5.83. The van der Waals surface area contributed by atoms with E-state index in [9.17, 15) is 0 Å². The highest BCUT2D eigenvalue weighted by Gasteiger charge is 2.35. The second-order valence-corrected chi connectivity index (χ2v) is 8.65. The van der Waals surface area contributed by atoms with Crippen LogP contribution in [0.4, 0.5) is 0 Å². The molecule has 5 rings (SSSR count). The Morgan fingerprint density at radius 3 is 2.77 bits per heavy atom. The van der Waals surface area contributed by atoms with Crippen molar-refractivity contribution in [1.29, 1.82) is 0 Å². The van der Waals surface area contributed by atoms with Gasteiger partial charge in [-0.15, -0.1) is 0 Å². The molecule has 2 aromatic heterocycles. The highest BCUT2D eigenvalue weighted by molar-refractivity contribution is 5.80. The minimum atomic E-state index is -0.113. The van der Waals surface area contributed by atoms with Crippen molar-refractivity contribution < 1.29 is 4.52 Å². The smallest absolute Gasteiger partial charge is 0.257 e. The molecule has 1 aliphatic rings. The predicted octanol–water partition coefficient (Wildman–Crippen LogP) is 4.92. The molecule has 2 aromatic carbocycles. The molecule has 2 atom stereocenters. The predicted molar refractivity (Wildman–Crippen MR) is 122 cm³/mol. The molecule has 6 heteroatoms. The van der Waals surface area contributed by atoms with Crippen LogP contribution in [-0.2, 0) is 0 Å². The van der Waals surface area contributed by atoms with E-state index in [0.717, 1.165) is 28.7 Å². The summed E-state index contributed by atoms with van der Waals surface area (Å²) in [6.45, 7) is 3.19. The molecule has 0 spiro atoms. The maximum Gasteiger partial charge on any atom is 0.257 e. The molecule has 0 amide bonds. The van der Waals surface area contributed by atoms with E-state index in [-0.39, 0.29) is 11.3 Å². The van der Waals surface area contributed by atoms with Crippen LogP contribution in [-0.4, -0.2) is 45.6 Å². The molecular weight excluding hydrogens is 386 g/mol. The largest absolute Gasteiger partial charge is 0.345 e. The van der Waals surface area contributed by atoms with Crippen LogP contribution in [0.1, 0.15) is 24.3 Å². The molecule has 0 aliphatic heterocycles. The maximum atomic E-state index is 5.67. The van der Waals surface area contributed by atoms with Gasteiger partial charge < -0.3 is 14.4 Å². The molecule has 4 aromatic rings. The van der Waals surface area contributed by atoms with Crippen LogP contribution < -0.4 is 0 Å². The zero-order valence-electron chi connectivity index (χ0n) is 17.9. The normalized spacial score (nSPS) is 21.0. The fourth-order valence-corrected chi connectivity index (χ4v) is 4.56. The average molecular weight is 412 g/mol. The Labute approximate surface area is 181 Å². The van der Waals surface area contributed by atoms with Crippen LogP contribution in [0, 0.1) is 5.41 Å². The van der Waals surface area contributed by atoms with Crippen molar-refractivity contribution in [3.05, 3.63) is 84.5 Å². The first-order valence-corrected chi connectivity index (χ1v) is 10.4. The number of aromatic amines is 1. The van der Waals surface area contributed by atoms with Crippen molar-refractivity contribution in [3.63, 3.8) is 0 Å². The Bertz CT molecular complexity index is 1270. The topological polar surface area (TPSA) is 70.8 Å². The summed E-state index contributed by atoms with van der Waals surface area (Å²) in [6.07, 6.45) is 8.32. The number of imidazole rings is 1.